The van der Waals surface area contributed by atoms with Crippen LogP contribution >= 0.6 is 0 Å². The van der Waals surface area contributed by atoms with Crippen molar-refractivity contribution in [3.63, 3.8) is 0 Å². The molecule has 0 saturated heterocycles. The predicted molar refractivity (Wildman–Crippen MR) is 112 cm³/mol. The fourth-order valence-corrected chi connectivity index (χ4v) is 4.09. The molecule has 0 bridgehead atoms. The number of hydrogen-bond acceptors (Lipinski definition) is 6. The van der Waals surface area contributed by atoms with Gasteiger partial charge in [-0.15, -0.1) is 0 Å². The van der Waals surface area contributed by atoms with E-state index in [1.54, 1.807) is 14.2 Å². The second-order valence-corrected chi connectivity index (χ2v) is 8.19. The molecular weight excluding hydrogens is 386 g/mol. The van der Waals surface area contributed by atoms with Gasteiger partial charge >= 0.3 is 5.97 Å². The molecule has 0 aromatic heterocycles. The molecule has 0 radical (unpaired) electrons. The summed E-state index contributed by atoms with van der Waals surface area (Å²) in [6.07, 6.45) is 6.48. The van der Waals surface area contributed by atoms with E-state index in [0.717, 1.165) is 30.4 Å². The highest BCUT2D eigenvalue weighted by Crippen LogP contribution is 2.42. The minimum absolute atomic E-state index is 0.00243. The van der Waals surface area contributed by atoms with E-state index in [4.69, 9.17) is 14.2 Å². The van der Waals surface area contributed by atoms with E-state index in [0.29, 0.717) is 42.7 Å². The molecule has 2 N–H and O–H groups in total. The average molecular weight is 418 g/mol. The summed E-state index contributed by atoms with van der Waals surface area (Å²) in [5.41, 5.74) is 3.12. The third kappa shape index (κ3) is 4.31. The first-order valence-corrected chi connectivity index (χ1v) is 10.4. The number of aromatic hydroxyl groups is 1. The summed E-state index contributed by atoms with van der Waals surface area (Å²) in [5.74, 6) is -0.0198. The first-order valence-electron chi connectivity index (χ1n) is 10.4. The minimum atomic E-state index is -0.507. The van der Waals surface area contributed by atoms with E-state index in [1.165, 1.54) is 0 Å². The summed E-state index contributed by atoms with van der Waals surface area (Å²) in [7, 11) is 3.24. The number of carbonyl (C=O) groups excluding carboxylic acids is 2. The zero-order valence-corrected chi connectivity index (χ0v) is 18.2. The van der Waals surface area contributed by atoms with Gasteiger partial charge in [-0.25, -0.2) is 4.79 Å². The van der Waals surface area contributed by atoms with Crippen LogP contribution in [0.5, 0.6) is 11.5 Å². The summed E-state index contributed by atoms with van der Waals surface area (Å²) < 4.78 is 16.1. The molecule has 7 nitrogen and oxygen atoms in total. The molecule has 30 heavy (non-hydrogen) atoms. The van der Waals surface area contributed by atoms with Crippen molar-refractivity contribution in [1.82, 2.24) is 5.32 Å². The van der Waals surface area contributed by atoms with Crippen LogP contribution in [-0.4, -0.2) is 43.3 Å². The number of methoxy groups -OCH3 is 2. The van der Waals surface area contributed by atoms with Crippen molar-refractivity contribution in [2.24, 2.45) is 0 Å². The molecule has 1 aromatic carbocycles. The Bertz CT molecular complexity index is 864. The van der Waals surface area contributed by atoms with Crippen LogP contribution in [0.4, 0.5) is 0 Å². The predicted octanol–water partition coefficient (Wildman–Crippen LogP) is 3.33. The van der Waals surface area contributed by atoms with E-state index in [-0.39, 0.29) is 29.4 Å². The zero-order valence-electron chi connectivity index (χ0n) is 18.2. The highest BCUT2D eigenvalue weighted by Gasteiger charge is 2.37. The number of fused-ring (bicyclic) bond motifs is 1. The van der Waals surface area contributed by atoms with Crippen molar-refractivity contribution < 1.29 is 28.9 Å². The summed E-state index contributed by atoms with van der Waals surface area (Å²) in [6.45, 7) is 4.52. The maximum Gasteiger partial charge on any atom is 0.342 e. The standard InChI is InChI=1S/C23H31NO6/c1-14(7-9-18(25)24-13-23(29-4)10-5-11-23)6-8-16-20(26)19-17(12-30-22(19)27)15(2)21(16)28-3/h6,26H,5,7-13H2,1-4H3,(H,24,25). The van der Waals surface area contributed by atoms with Crippen LogP contribution in [-0.2, 0) is 27.3 Å². The van der Waals surface area contributed by atoms with Crippen molar-refractivity contribution >= 4 is 11.9 Å². The zero-order chi connectivity index (χ0) is 21.9. The number of allylic oxidation sites excluding steroid dienone is 2. The van der Waals surface area contributed by atoms with Crippen LogP contribution in [0.3, 0.4) is 0 Å². The summed E-state index contributed by atoms with van der Waals surface area (Å²) >= 11 is 0. The Morgan fingerprint density at radius 2 is 2.03 bits per heavy atom. The Balaban J connectivity index is 1.61. The van der Waals surface area contributed by atoms with Gasteiger partial charge in [0, 0.05) is 31.2 Å². The Morgan fingerprint density at radius 1 is 1.30 bits per heavy atom. The smallest absolute Gasteiger partial charge is 0.342 e. The van der Waals surface area contributed by atoms with Gasteiger partial charge in [0.05, 0.1) is 12.7 Å². The maximum absolute atomic E-state index is 12.2. The molecule has 0 unspecified atom stereocenters. The quantitative estimate of drug-likeness (QED) is 0.473. The monoisotopic (exact) mass is 417 g/mol. The van der Waals surface area contributed by atoms with Crippen molar-refractivity contribution in [3.8, 4) is 11.5 Å². The Hall–Kier alpha value is -2.54. The van der Waals surface area contributed by atoms with Crippen LogP contribution in [0.25, 0.3) is 0 Å². The first-order chi connectivity index (χ1) is 14.3. The average Bonchev–Trinajstić information content (AvgIpc) is 3.09. The summed E-state index contributed by atoms with van der Waals surface area (Å²) in [5, 5.41) is 13.6. The second-order valence-electron chi connectivity index (χ2n) is 8.19. The first kappa shape index (κ1) is 22.2. The lowest BCUT2D eigenvalue weighted by atomic mass is 9.80. The lowest BCUT2D eigenvalue weighted by molar-refractivity contribution is -0.124. The summed E-state index contributed by atoms with van der Waals surface area (Å²) in [4.78, 5) is 24.2. The van der Waals surface area contributed by atoms with Gasteiger partial charge in [0.15, 0.2) is 0 Å². The lowest BCUT2D eigenvalue weighted by Gasteiger charge is -2.40. The second kappa shape index (κ2) is 9.08. The Morgan fingerprint density at radius 3 is 2.63 bits per heavy atom. The van der Waals surface area contributed by atoms with Gasteiger partial charge in [-0.2, -0.15) is 0 Å². The number of phenols is 1. The number of carbonyl (C=O) groups is 2. The Kier molecular flexibility index (Phi) is 6.71. The number of benzene rings is 1. The fraction of sp³-hybridized carbons (Fsp3) is 0.565. The number of esters is 1. The van der Waals surface area contributed by atoms with Crippen molar-refractivity contribution in [2.75, 3.05) is 20.8 Å². The topological polar surface area (TPSA) is 94.1 Å². The number of ether oxygens (including phenoxy) is 3. The fourth-order valence-electron chi connectivity index (χ4n) is 4.09. The molecule has 1 amide bonds. The van der Waals surface area contributed by atoms with Crippen molar-refractivity contribution in [3.05, 3.63) is 33.9 Å². The van der Waals surface area contributed by atoms with Crippen molar-refractivity contribution in [1.29, 1.82) is 0 Å². The maximum atomic E-state index is 12.2. The van der Waals surface area contributed by atoms with E-state index < -0.39 is 5.97 Å². The molecule has 1 saturated carbocycles. The van der Waals surface area contributed by atoms with Gasteiger partial charge in [0.25, 0.3) is 0 Å². The van der Waals surface area contributed by atoms with Crippen LogP contribution < -0.4 is 10.1 Å². The lowest BCUT2D eigenvalue weighted by Crippen LogP contribution is -2.49. The molecule has 1 aromatic rings. The molecule has 164 valence electrons. The molecule has 3 rings (SSSR count). The molecule has 1 heterocycles. The molecule has 7 heteroatoms. The molecule has 1 fully saturated rings. The largest absolute Gasteiger partial charge is 0.507 e. The number of cyclic esters (lactones) is 1. The van der Waals surface area contributed by atoms with Gasteiger partial charge in [0.2, 0.25) is 5.91 Å². The number of phenolic OH excluding ortho intramolecular Hbond substituents is 1. The van der Waals surface area contributed by atoms with Gasteiger partial charge in [-0.3, -0.25) is 4.79 Å². The molecular formula is C23H31NO6. The van der Waals surface area contributed by atoms with Crippen LogP contribution in [0.1, 0.15) is 66.1 Å². The van der Waals surface area contributed by atoms with Gasteiger partial charge < -0.3 is 24.6 Å². The molecule has 1 aliphatic carbocycles. The molecule has 1 aliphatic heterocycles. The van der Waals surface area contributed by atoms with E-state index in [2.05, 4.69) is 5.32 Å². The van der Waals surface area contributed by atoms with Gasteiger partial charge in [-0.05, 0) is 51.5 Å². The third-order valence-corrected chi connectivity index (χ3v) is 6.35. The number of amides is 1. The van der Waals surface area contributed by atoms with Gasteiger partial charge in [-0.1, -0.05) is 11.6 Å². The Labute approximate surface area is 177 Å². The van der Waals surface area contributed by atoms with Gasteiger partial charge in [0.1, 0.15) is 23.7 Å². The van der Waals surface area contributed by atoms with Crippen LogP contribution in [0, 0.1) is 6.92 Å². The SMILES string of the molecule is COc1c(C)c2c(c(O)c1CC=C(C)CCC(=O)NCC1(OC)CCC1)C(=O)OC2. The van der Waals surface area contributed by atoms with E-state index >= 15 is 0 Å². The molecule has 0 atom stereocenters. The molecule has 0 spiro atoms. The number of nitrogens with one attached hydrogen (secondary N) is 1. The normalized spacial score (nSPS) is 17.2. The van der Waals surface area contributed by atoms with Crippen LogP contribution in [0.2, 0.25) is 0 Å². The minimum Gasteiger partial charge on any atom is -0.507 e. The number of hydrogen-bond donors (Lipinski definition) is 2. The van der Waals surface area contributed by atoms with Crippen LogP contribution in [0.15, 0.2) is 11.6 Å². The van der Waals surface area contributed by atoms with E-state index in [9.17, 15) is 14.7 Å². The van der Waals surface area contributed by atoms with Crippen molar-refractivity contribution in [2.45, 2.75) is 64.6 Å². The van der Waals surface area contributed by atoms with E-state index in [1.807, 2.05) is 19.9 Å². The number of rotatable bonds is 9. The summed E-state index contributed by atoms with van der Waals surface area (Å²) in [6, 6.07) is 0. The highest BCUT2D eigenvalue weighted by molar-refractivity contribution is 5.98. The third-order valence-electron chi connectivity index (χ3n) is 6.35. The molecule has 2 aliphatic rings. The highest BCUT2D eigenvalue weighted by atomic mass is 16.5.